The van der Waals surface area contributed by atoms with Crippen LogP contribution in [0.5, 0.6) is 0 Å². The van der Waals surface area contributed by atoms with Crippen molar-refractivity contribution in [3.63, 3.8) is 0 Å². The molecule has 1 heterocycles. The predicted molar refractivity (Wildman–Crippen MR) is 120 cm³/mol. The van der Waals surface area contributed by atoms with Crippen molar-refractivity contribution in [2.24, 2.45) is 0 Å². The molecule has 0 aliphatic rings. The van der Waals surface area contributed by atoms with Crippen molar-refractivity contribution in [3.8, 4) is 0 Å². The monoisotopic (exact) mass is 407 g/mol. The fraction of sp³-hybridized carbons (Fsp3) is 0.333. The predicted octanol–water partition coefficient (Wildman–Crippen LogP) is 4.86. The topological polar surface area (TPSA) is 83.2 Å². The number of alkyl carbamates (subject to hydrolysis) is 1. The van der Waals surface area contributed by atoms with Crippen molar-refractivity contribution < 1.29 is 14.3 Å². The average molecular weight is 408 g/mol. The number of fused-ring (bicyclic) bond motifs is 1. The number of benzene rings is 2. The van der Waals surface area contributed by atoms with Gasteiger partial charge in [0.15, 0.2) is 0 Å². The summed E-state index contributed by atoms with van der Waals surface area (Å²) in [7, 11) is 0. The van der Waals surface area contributed by atoms with E-state index in [4.69, 9.17) is 4.74 Å². The molecule has 0 radical (unpaired) electrons. The van der Waals surface area contributed by atoms with E-state index in [0.29, 0.717) is 6.42 Å². The Kier molecular flexibility index (Phi) is 6.15. The number of rotatable bonds is 5. The highest BCUT2D eigenvalue weighted by molar-refractivity contribution is 5.98. The van der Waals surface area contributed by atoms with E-state index in [2.05, 4.69) is 15.6 Å². The van der Waals surface area contributed by atoms with Crippen molar-refractivity contribution in [3.05, 3.63) is 65.4 Å². The largest absolute Gasteiger partial charge is 0.444 e. The second-order valence-electron chi connectivity index (χ2n) is 8.57. The van der Waals surface area contributed by atoms with Gasteiger partial charge in [-0.25, -0.2) is 4.79 Å². The molecule has 0 aliphatic heterocycles. The van der Waals surface area contributed by atoms with Crippen LogP contribution in [0.2, 0.25) is 0 Å². The molecule has 3 aromatic rings. The highest BCUT2D eigenvalue weighted by Crippen LogP contribution is 2.21. The quantitative estimate of drug-likeness (QED) is 0.565. The maximum atomic E-state index is 13.1. The normalized spacial score (nSPS) is 12.4. The summed E-state index contributed by atoms with van der Waals surface area (Å²) in [6.07, 6.45) is 1.59. The number of hydrogen-bond donors (Lipinski definition) is 3. The molecule has 2 aromatic carbocycles. The lowest BCUT2D eigenvalue weighted by Gasteiger charge is -2.23. The first-order valence-corrected chi connectivity index (χ1v) is 10.0. The molecular weight excluding hydrogens is 378 g/mol. The van der Waals surface area contributed by atoms with E-state index in [-0.39, 0.29) is 5.91 Å². The Bertz CT molecular complexity index is 1060. The summed E-state index contributed by atoms with van der Waals surface area (Å²) < 4.78 is 5.38. The van der Waals surface area contributed by atoms with E-state index in [1.54, 1.807) is 20.8 Å². The molecule has 3 rings (SSSR count). The first-order chi connectivity index (χ1) is 14.1. The number of para-hydroxylation sites is 1. The summed E-state index contributed by atoms with van der Waals surface area (Å²) in [6, 6.07) is 12.9. The minimum atomic E-state index is -0.792. The molecule has 30 heavy (non-hydrogen) atoms. The van der Waals surface area contributed by atoms with Gasteiger partial charge in [0.2, 0.25) is 5.91 Å². The van der Waals surface area contributed by atoms with Gasteiger partial charge in [-0.3, -0.25) is 4.79 Å². The van der Waals surface area contributed by atoms with Crippen LogP contribution in [-0.4, -0.2) is 28.6 Å². The van der Waals surface area contributed by atoms with Crippen molar-refractivity contribution >= 4 is 28.6 Å². The van der Waals surface area contributed by atoms with Crippen LogP contribution < -0.4 is 10.6 Å². The number of H-pyrrole nitrogens is 1. The Labute approximate surface area is 177 Å². The van der Waals surface area contributed by atoms with E-state index in [1.165, 1.54) is 0 Å². The molecule has 0 saturated carbocycles. The lowest BCUT2D eigenvalue weighted by atomic mass is 10.0. The summed E-state index contributed by atoms with van der Waals surface area (Å²) >= 11 is 0. The Balaban J connectivity index is 1.84. The molecule has 0 fully saturated rings. The zero-order valence-corrected chi connectivity index (χ0v) is 18.1. The molecule has 0 unspecified atom stereocenters. The van der Waals surface area contributed by atoms with Crippen molar-refractivity contribution in [2.75, 3.05) is 5.32 Å². The fourth-order valence-electron chi connectivity index (χ4n) is 3.35. The number of amides is 2. The smallest absolute Gasteiger partial charge is 0.408 e. The van der Waals surface area contributed by atoms with E-state index in [9.17, 15) is 9.59 Å². The van der Waals surface area contributed by atoms with Crippen LogP contribution in [0, 0.1) is 13.8 Å². The lowest BCUT2D eigenvalue weighted by molar-refractivity contribution is -0.118. The summed E-state index contributed by atoms with van der Waals surface area (Å²) in [6.45, 7) is 9.31. The average Bonchev–Trinajstić information content (AvgIpc) is 3.05. The van der Waals surface area contributed by atoms with Crippen molar-refractivity contribution in [1.82, 2.24) is 10.3 Å². The maximum absolute atomic E-state index is 13.1. The number of carbonyl (C=O) groups excluding carboxylic acids is 2. The van der Waals surface area contributed by atoms with Gasteiger partial charge in [-0.05, 0) is 57.9 Å². The number of aromatic amines is 1. The first kappa shape index (κ1) is 21.4. The summed E-state index contributed by atoms with van der Waals surface area (Å²) in [4.78, 5) is 28.7. The van der Waals surface area contributed by atoms with Crippen LogP contribution in [-0.2, 0) is 16.0 Å². The molecule has 0 bridgehead atoms. The van der Waals surface area contributed by atoms with E-state index in [1.807, 2.05) is 62.5 Å². The molecule has 2 amide bonds. The van der Waals surface area contributed by atoms with E-state index >= 15 is 0 Å². The fourth-order valence-corrected chi connectivity index (χ4v) is 3.35. The van der Waals surface area contributed by atoms with E-state index < -0.39 is 17.7 Å². The number of ether oxygens (including phenoxy) is 1. The molecule has 0 spiro atoms. The third-order valence-electron chi connectivity index (χ3n) is 4.75. The van der Waals surface area contributed by atoms with Crippen LogP contribution in [0.25, 0.3) is 10.9 Å². The molecular formula is C24H29N3O3. The van der Waals surface area contributed by atoms with Gasteiger partial charge in [-0.2, -0.15) is 0 Å². The molecule has 0 saturated heterocycles. The van der Waals surface area contributed by atoms with E-state index in [0.717, 1.165) is 33.3 Å². The Morgan fingerprint density at radius 1 is 1.10 bits per heavy atom. The Morgan fingerprint density at radius 2 is 1.83 bits per heavy atom. The van der Waals surface area contributed by atoms with Crippen LogP contribution in [0.4, 0.5) is 10.5 Å². The summed E-state index contributed by atoms with van der Waals surface area (Å²) in [5, 5.41) is 6.71. The maximum Gasteiger partial charge on any atom is 0.408 e. The molecule has 3 N–H and O–H groups in total. The summed E-state index contributed by atoms with van der Waals surface area (Å²) in [5.74, 6) is -0.293. The second-order valence-corrected chi connectivity index (χ2v) is 8.57. The second kappa shape index (κ2) is 8.61. The van der Waals surface area contributed by atoms with Gasteiger partial charge in [0.25, 0.3) is 0 Å². The minimum absolute atomic E-state index is 0.293. The van der Waals surface area contributed by atoms with Crippen LogP contribution >= 0.6 is 0 Å². The molecule has 158 valence electrons. The Hall–Kier alpha value is -3.28. The molecule has 0 aliphatic carbocycles. The standard InChI is InChI=1S/C24H29N3O3/c1-15-10-11-19(16(2)12-15)26-22(28)21(27-23(29)30-24(3,4)5)13-17-14-25-20-9-7-6-8-18(17)20/h6-12,14,21,25H,13H2,1-5H3,(H,26,28)(H,27,29)/t21-/m1/s1. The van der Waals surface area contributed by atoms with Gasteiger partial charge in [0, 0.05) is 29.2 Å². The van der Waals surface area contributed by atoms with Gasteiger partial charge in [-0.1, -0.05) is 35.9 Å². The number of nitrogens with one attached hydrogen (secondary N) is 3. The molecule has 1 atom stereocenters. The number of aryl methyl sites for hydroxylation is 2. The third kappa shape index (κ3) is 5.41. The lowest BCUT2D eigenvalue weighted by Crippen LogP contribution is -2.47. The molecule has 6 nitrogen and oxygen atoms in total. The highest BCUT2D eigenvalue weighted by atomic mass is 16.6. The zero-order chi connectivity index (χ0) is 21.9. The molecule has 1 aromatic heterocycles. The first-order valence-electron chi connectivity index (χ1n) is 10.0. The van der Waals surface area contributed by atoms with Gasteiger partial charge in [-0.15, -0.1) is 0 Å². The van der Waals surface area contributed by atoms with Crippen molar-refractivity contribution in [2.45, 2.75) is 52.7 Å². The zero-order valence-electron chi connectivity index (χ0n) is 18.1. The summed E-state index contributed by atoms with van der Waals surface area (Å²) in [5.41, 5.74) is 4.08. The number of hydrogen-bond acceptors (Lipinski definition) is 3. The van der Waals surface area contributed by atoms with Gasteiger partial charge >= 0.3 is 6.09 Å². The van der Waals surface area contributed by atoms with Gasteiger partial charge in [0.05, 0.1) is 0 Å². The van der Waals surface area contributed by atoms with Crippen LogP contribution in [0.1, 0.15) is 37.5 Å². The highest BCUT2D eigenvalue weighted by Gasteiger charge is 2.26. The van der Waals surface area contributed by atoms with Crippen molar-refractivity contribution in [1.29, 1.82) is 0 Å². The number of aromatic nitrogens is 1. The SMILES string of the molecule is Cc1ccc(NC(=O)[C@@H](Cc2c[nH]c3ccccc23)NC(=O)OC(C)(C)C)c(C)c1. The Morgan fingerprint density at radius 3 is 2.53 bits per heavy atom. The third-order valence-corrected chi connectivity index (χ3v) is 4.75. The number of anilines is 1. The number of carbonyl (C=O) groups is 2. The van der Waals surface area contributed by atoms with Crippen LogP contribution in [0.15, 0.2) is 48.7 Å². The van der Waals surface area contributed by atoms with Gasteiger partial charge in [0.1, 0.15) is 11.6 Å². The van der Waals surface area contributed by atoms with Gasteiger partial charge < -0.3 is 20.4 Å². The van der Waals surface area contributed by atoms with Crippen LogP contribution in [0.3, 0.4) is 0 Å². The minimum Gasteiger partial charge on any atom is -0.444 e. The molecule has 6 heteroatoms.